The second-order valence-corrected chi connectivity index (χ2v) is 8.57. The molecule has 0 spiro atoms. The maximum atomic E-state index is 13.4. The molecule has 34 heavy (non-hydrogen) atoms. The molecule has 7 heteroatoms. The highest BCUT2D eigenvalue weighted by Gasteiger charge is 2.30. The number of nitrogens with zero attached hydrogens (tertiary/aromatic N) is 1. The molecule has 1 heterocycles. The van der Waals surface area contributed by atoms with Crippen LogP contribution in [0.2, 0.25) is 5.02 Å². The molecule has 1 atom stereocenters. The van der Waals surface area contributed by atoms with E-state index < -0.39 is 12.1 Å². The quantitative estimate of drug-likeness (QED) is 0.308. The van der Waals surface area contributed by atoms with E-state index in [-0.39, 0.29) is 25.4 Å². The number of nitrogens with one attached hydrogen (secondary N) is 2. The van der Waals surface area contributed by atoms with E-state index >= 15 is 0 Å². The average Bonchev–Trinajstić information content (AvgIpc) is 3.26. The van der Waals surface area contributed by atoms with E-state index in [1.165, 1.54) is 4.90 Å². The van der Waals surface area contributed by atoms with E-state index in [9.17, 15) is 14.7 Å². The number of para-hydroxylation sites is 1. The molecule has 4 aromatic rings. The normalized spacial score (nSPS) is 11.8. The lowest BCUT2D eigenvalue weighted by atomic mass is 10.0. The van der Waals surface area contributed by atoms with E-state index in [2.05, 4.69) is 10.3 Å². The Labute approximate surface area is 203 Å². The molecule has 4 rings (SSSR count). The van der Waals surface area contributed by atoms with Crippen molar-refractivity contribution < 1.29 is 14.7 Å². The Morgan fingerprint density at radius 3 is 2.38 bits per heavy atom. The van der Waals surface area contributed by atoms with E-state index in [4.69, 9.17) is 11.6 Å². The minimum Gasteiger partial charge on any atom is -0.465 e. The Hall–Kier alpha value is -3.77. The number of aromatic amines is 1. The number of carbonyl (C=O) groups is 2. The maximum Gasteiger partial charge on any atom is 0.408 e. The summed E-state index contributed by atoms with van der Waals surface area (Å²) in [5.74, 6) is -0.337. The van der Waals surface area contributed by atoms with Gasteiger partial charge in [0.15, 0.2) is 0 Å². The monoisotopic (exact) mass is 475 g/mol. The summed E-state index contributed by atoms with van der Waals surface area (Å²) in [6.45, 7) is 0.493. The van der Waals surface area contributed by atoms with Crippen molar-refractivity contribution >= 4 is 34.5 Å². The van der Waals surface area contributed by atoms with Crippen molar-refractivity contribution in [3.8, 4) is 0 Å². The molecular weight excluding hydrogens is 450 g/mol. The predicted molar refractivity (Wildman–Crippen MR) is 134 cm³/mol. The predicted octanol–water partition coefficient (Wildman–Crippen LogP) is 5.27. The largest absolute Gasteiger partial charge is 0.465 e. The van der Waals surface area contributed by atoms with Crippen LogP contribution in [0, 0.1) is 0 Å². The zero-order chi connectivity index (χ0) is 23.9. The zero-order valence-corrected chi connectivity index (χ0v) is 19.3. The molecule has 0 bridgehead atoms. The lowest BCUT2D eigenvalue weighted by Gasteiger charge is -2.28. The number of hydrogen-bond donors (Lipinski definition) is 3. The van der Waals surface area contributed by atoms with Crippen molar-refractivity contribution in [3.63, 3.8) is 0 Å². The van der Waals surface area contributed by atoms with Crippen molar-refractivity contribution in [1.82, 2.24) is 15.2 Å². The van der Waals surface area contributed by atoms with Crippen molar-refractivity contribution in [3.05, 3.63) is 107 Å². The summed E-state index contributed by atoms with van der Waals surface area (Å²) >= 11 is 5.95. The van der Waals surface area contributed by atoms with E-state index in [1.54, 1.807) is 12.1 Å². The van der Waals surface area contributed by atoms with Gasteiger partial charge in [-0.1, -0.05) is 72.3 Å². The molecule has 3 aromatic carbocycles. The second-order valence-electron chi connectivity index (χ2n) is 8.14. The van der Waals surface area contributed by atoms with Gasteiger partial charge in [-0.25, -0.2) is 4.79 Å². The molecule has 0 saturated heterocycles. The van der Waals surface area contributed by atoms with Gasteiger partial charge in [0.25, 0.3) is 0 Å². The van der Waals surface area contributed by atoms with Gasteiger partial charge in [-0.2, -0.15) is 0 Å². The molecule has 0 aliphatic carbocycles. The van der Waals surface area contributed by atoms with Crippen LogP contribution in [0.15, 0.2) is 85.1 Å². The number of fused-ring (bicyclic) bond motifs is 1. The Balaban J connectivity index is 1.57. The van der Waals surface area contributed by atoms with Crippen LogP contribution < -0.4 is 5.32 Å². The number of aromatic nitrogens is 1. The second kappa shape index (κ2) is 10.9. The van der Waals surface area contributed by atoms with Crippen LogP contribution >= 0.6 is 11.6 Å². The molecule has 3 N–H and O–H groups in total. The molecule has 0 radical (unpaired) electrons. The standard InChI is InChI=1S/C27H26ClN3O3/c28-22-12-10-20(11-13-22)17-30-26(32)25(16-21-18-29-24-9-5-4-8-23(21)24)31(27(33)34)15-14-19-6-2-1-3-7-19/h1-13,18,25,29H,14-17H2,(H,30,32)(H,33,34)/t25-/m0/s1. The Bertz CT molecular complexity index is 1260. The van der Waals surface area contributed by atoms with Crippen LogP contribution in [0.4, 0.5) is 4.79 Å². The minimum absolute atomic E-state index is 0.209. The Morgan fingerprint density at radius 2 is 1.65 bits per heavy atom. The number of carbonyl (C=O) groups excluding carboxylic acids is 1. The third-order valence-corrected chi connectivity index (χ3v) is 6.13. The third kappa shape index (κ3) is 5.77. The SMILES string of the molecule is O=C(NCc1ccc(Cl)cc1)[C@H](Cc1c[nH]c2ccccc12)N(CCc1ccccc1)C(=O)O. The number of hydrogen-bond acceptors (Lipinski definition) is 2. The fourth-order valence-electron chi connectivity index (χ4n) is 4.04. The number of rotatable bonds is 9. The highest BCUT2D eigenvalue weighted by Crippen LogP contribution is 2.21. The van der Waals surface area contributed by atoms with E-state index in [0.717, 1.165) is 27.6 Å². The first-order chi connectivity index (χ1) is 16.5. The molecule has 0 unspecified atom stereocenters. The minimum atomic E-state index is -1.12. The third-order valence-electron chi connectivity index (χ3n) is 5.88. The molecule has 1 aromatic heterocycles. The van der Waals surface area contributed by atoms with Crippen LogP contribution in [0.3, 0.4) is 0 Å². The summed E-state index contributed by atoms with van der Waals surface area (Å²) in [4.78, 5) is 30.1. The molecule has 174 valence electrons. The molecule has 0 fully saturated rings. The van der Waals surface area contributed by atoms with Gasteiger partial charge in [-0.15, -0.1) is 0 Å². The van der Waals surface area contributed by atoms with Gasteiger partial charge in [-0.05, 0) is 41.3 Å². The maximum absolute atomic E-state index is 13.4. The first kappa shape index (κ1) is 23.4. The molecule has 0 saturated carbocycles. The number of halogens is 1. The van der Waals surface area contributed by atoms with Crippen LogP contribution in [0.1, 0.15) is 16.7 Å². The fraction of sp³-hybridized carbons (Fsp3) is 0.185. The van der Waals surface area contributed by atoms with Crippen LogP contribution in [0.5, 0.6) is 0 Å². The fourth-order valence-corrected chi connectivity index (χ4v) is 4.17. The van der Waals surface area contributed by atoms with Gasteiger partial charge in [0.1, 0.15) is 6.04 Å². The van der Waals surface area contributed by atoms with Gasteiger partial charge in [0.05, 0.1) is 0 Å². The van der Waals surface area contributed by atoms with E-state index in [0.29, 0.717) is 11.4 Å². The first-order valence-corrected chi connectivity index (χ1v) is 11.5. The molecular formula is C27H26ClN3O3. The number of benzene rings is 3. The lowest BCUT2D eigenvalue weighted by molar-refractivity contribution is -0.126. The summed E-state index contributed by atoms with van der Waals surface area (Å²) in [7, 11) is 0. The summed E-state index contributed by atoms with van der Waals surface area (Å²) in [5, 5.41) is 14.6. The van der Waals surface area contributed by atoms with Gasteiger partial charge in [0.2, 0.25) is 5.91 Å². The van der Waals surface area contributed by atoms with Crippen LogP contribution in [-0.2, 0) is 24.2 Å². The number of amides is 2. The molecule has 0 aliphatic rings. The first-order valence-electron chi connectivity index (χ1n) is 11.1. The number of H-pyrrole nitrogens is 1. The van der Waals surface area contributed by atoms with Gasteiger partial charge in [0, 0.05) is 41.6 Å². The topological polar surface area (TPSA) is 85.4 Å². The van der Waals surface area contributed by atoms with Crippen LogP contribution in [-0.4, -0.2) is 39.6 Å². The van der Waals surface area contributed by atoms with Crippen LogP contribution in [0.25, 0.3) is 10.9 Å². The average molecular weight is 476 g/mol. The van der Waals surface area contributed by atoms with Crippen molar-refractivity contribution in [2.24, 2.45) is 0 Å². The van der Waals surface area contributed by atoms with Gasteiger partial charge in [-0.3, -0.25) is 9.69 Å². The van der Waals surface area contributed by atoms with Crippen molar-refractivity contribution in [2.75, 3.05) is 6.54 Å². The van der Waals surface area contributed by atoms with Crippen molar-refractivity contribution in [1.29, 1.82) is 0 Å². The summed E-state index contributed by atoms with van der Waals surface area (Å²) in [6.07, 6.45) is 1.50. The molecule has 2 amide bonds. The highest BCUT2D eigenvalue weighted by atomic mass is 35.5. The molecule has 0 aliphatic heterocycles. The Kier molecular flexibility index (Phi) is 7.50. The summed E-state index contributed by atoms with van der Waals surface area (Å²) < 4.78 is 0. The van der Waals surface area contributed by atoms with Crippen molar-refractivity contribution in [2.45, 2.75) is 25.4 Å². The number of carboxylic acid groups (broad SMARTS) is 1. The highest BCUT2D eigenvalue weighted by molar-refractivity contribution is 6.30. The smallest absolute Gasteiger partial charge is 0.408 e. The Morgan fingerprint density at radius 1 is 0.941 bits per heavy atom. The zero-order valence-electron chi connectivity index (χ0n) is 18.6. The van der Waals surface area contributed by atoms with Gasteiger partial charge >= 0.3 is 6.09 Å². The van der Waals surface area contributed by atoms with E-state index in [1.807, 2.05) is 72.9 Å². The summed E-state index contributed by atoms with van der Waals surface area (Å²) in [5.41, 5.74) is 3.74. The summed E-state index contributed by atoms with van der Waals surface area (Å²) in [6, 6.07) is 23.8. The van der Waals surface area contributed by atoms with Gasteiger partial charge < -0.3 is 15.4 Å². The molecule has 6 nitrogen and oxygen atoms in total. The lowest BCUT2D eigenvalue weighted by Crippen LogP contribution is -2.51.